The monoisotopic (exact) mass is 287 g/mol. The molecule has 21 heavy (non-hydrogen) atoms. The summed E-state index contributed by atoms with van der Waals surface area (Å²) in [5.74, 6) is 0.926. The maximum Gasteiger partial charge on any atom is 0.132 e. The fraction of sp³-hybridized carbons (Fsp3) is 0.294. The Kier molecular flexibility index (Phi) is 3.80. The van der Waals surface area contributed by atoms with Crippen molar-refractivity contribution in [1.82, 2.24) is 0 Å². The molecule has 1 aliphatic carbocycles. The SMILES string of the molecule is COc1cccc(F)c1C(N)c1ccc(OC2CC2)cc1. The quantitative estimate of drug-likeness (QED) is 0.916. The summed E-state index contributed by atoms with van der Waals surface area (Å²) in [5.41, 5.74) is 7.39. The minimum atomic E-state index is -0.573. The normalized spacial score (nSPS) is 15.6. The van der Waals surface area contributed by atoms with Gasteiger partial charge in [-0.15, -0.1) is 0 Å². The van der Waals surface area contributed by atoms with Crippen molar-refractivity contribution in [2.24, 2.45) is 5.73 Å². The standard InChI is InChI=1S/C17H18FNO2/c1-20-15-4-2-3-14(18)16(15)17(19)11-5-7-12(8-6-11)21-13-9-10-13/h2-8,13,17H,9-10,19H2,1H3. The van der Waals surface area contributed by atoms with Gasteiger partial charge < -0.3 is 15.2 Å². The summed E-state index contributed by atoms with van der Waals surface area (Å²) in [6.07, 6.45) is 2.60. The zero-order valence-electron chi connectivity index (χ0n) is 11.9. The smallest absolute Gasteiger partial charge is 0.132 e. The summed E-state index contributed by atoms with van der Waals surface area (Å²) in [4.78, 5) is 0. The van der Waals surface area contributed by atoms with Crippen LogP contribution in [0.15, 0.2) is 42.5 Å². The van der Waals surface area contributed by atoms with Gasteiger partial charge >= 0.3 is 0 Å². The first-order valence-electron chi connectivity index (χ1n) is 7.03. The van der Waals surface area contributed by atoms with E-state index in [0.29, 0.717) is 17.4 Å². The highest BCUT2D eigenvalue weighted by Gasteiger charge is 2.24. The molecule has 0 spiro atoms. The van der Waals surface area contributed by atoms with Crippen molar-refractivity contribution in [2.75, 3.05) is 7.11 Å². The lowest BCUT2D eigenvalue weighted by atomic mass is 9.98. The van der Waals surface area contributed by atoms with Crippen LogP contribution in [0.1, 0.15) is 30.0 Å². The summed E-state index contributed by atoms with van der Waals surface area (Å²) < 4.78 is 25.0. The van der Waals surface area contributed by atoms with E-state index in [1.165, 1.54) is 13.2 Å². The van der Waals surface area contributed by atoms with Crippen molar-refractivity contribution >= 4 is 0 Å². The van der Waals surface area contributed by atoms with Crippen LogP contribution in [0.3, 0.4) is 0 Å². The molecule has 0 saturated heterocycles. The van der Waals surface area contributed by atoms with Gasteiger partial charge in [-0.05, 0) is 42.7 Å². The second-order valence-electron chi connectivity index (χ2n) is 5.22. The summed E-state index contributed by atoms with van der Waals surface area (Å²) >= 11 is 0. The summed E-state index contributed by atoms with van der Waals surface area (Å²) in [6, 6.07) is 11.6. The number of nitrogens with two attached hydrogens (primary N) is 1. The Hall–Kier alpha value is -2.07. The molecular formula is C17H18FNO2. The highest BCUT2D eigenvalue weighted by molar-refractivity contribution is 5.43. The molecule has 1 aliphatic rings. The Labute approximate surface area is 123 Å². The molecule has 0 aromatic heterocycles. The van der Waals surface area contributed by atoms with Crippen molar-refractivity contribution in [1.29, 1.82) is 0 Å². The first-order valence-corrected chi connectivity index (χ1v) is 7.03. The third-order valence-electron chi connectivity index (χ3n) is 3.61. The fourth-order valence-electron chi connectivity index (χ4n) is 2.30. The molecule has 1 atom stereocenters. The van der Waals surface area contributed by atoms with Crippen molar-refractivity contribution in [3.05, 3.63) is 59.4 Å². The number of benzene rings is 2. The van der Waals surface area contributed by atoms with Gasteiger partial charge in [-0.25, -0.2) is 4.39 Å². The maximum atomic E-state index is 14.0. The number of ether oxygens (including phenoxy) is 2. The minimum Gasteiger partial charge on any atom is -0.496 e. The van der Waals surface area contributed by atoms with Gasteiger partial charge in [0, 0.05) is 0 Å². The van der Waals surface area contributed by atoms with Crippen molar-refractivity contribution in [2.45, 2.75) is 25.0 Å². The molecule has 2 aromatic carbocycles. The van der Waals surface area contributed by atoms with Crippen LogP contribution in [-0.2, 0) is 0 Å². The first kappa shape index (κ1) is 13.9. The summed E-state index contributed by atoms with van der Waals surface area (Å²) in [5, 5.41) is 0. The topological polar surface area (TPSA) is 44.5 Å². The largest absolute Gasteiger partial charge is 0.496 e. The van der Waals surface area contributed by atoms with Gasteiger partial charge in [0.25, 0.3) is 0 Å². The second-order valence-corrected chi connectivity index (χ2v) is 5.22. The molecule has 0 bridgehead atoms. The van der Waals surface area contributed by atoms with Crippen molar-refractivity contribution in [3.8, 4) is 11.5 Å². The lowest BCUT2D eigenvalue weighted by molar-refractivity contribution is 0.303. The molecule has 1 saturated carbocycles. The van der Waals surface area contributed by atoms with Crippen LogP contribution in [-0.4, -0.2) is 13.2 Å². The third kappa shape index (κ3) is 3.00. The molecule has 2 N–H and O–H groups in total. The number of hydrogen-bond acceptors (Lipinski definition) is 3. The van der Waals surface area contributed by atoms with Crippen LogP contribution < -0.4 is 15.2 Å². The van der Waals surface area contributed by atoms with Crippen LogP contribution in [0.2, 0.25) is 0 Å². The van der Waals surface area contributed by atoms with E-state index in [9.17, 15) is 4.39 Å². The van der Waals surface area contributed by atoms with Gasteiger partial charge in [0.15, 0.2) is 0 Å². The van der Waals surface area contributed by atoms with Gasteiger partial charge in [-0.2, -0.15) is 0 Å². The molecular weight excluding hydrogens is 269 g/mol. The van der Waals surface area contributed by atoms with Crippen molar-refractivity contribution in [3.63, 3.8) is 0 Å². The maximum absolute atomic E-state index is 14.0. The fourth-order valence-corrected chi connectivity index (χ4v) is 2.30. The lowest BCUT2D eigenvalue weighted by Crippen LogP contribution is -2.15. The molecule has 3 nitrogen and oxygen atoms in total. The Morgan fingerprint density at radius 2 is 1.86 bits per heavy atom. The number of methoxy groups -OCH3 is 1. The van der Waals surface area contributed by atoms with E-state index < -0.39 is 6.04 Å². The molecule has 0 aliphatic heterocycles. The zero-order valence-corrected chi connectivity index (χ0v) is 11.9. The third-order valence-corrected chi connectivity index (χ3v) is 3.61. The molecule has 1 fully saturated rings. The van der Waals surface area contributed by atoms with Gasteiger partial charge in [-0.3, -0.25) is 0 Å². The molecule has 0 radical (unpaired) electrons. The molecule has 2 aromatic rings. The molecule has 0 heterocycles. The second kappa shape index (κ2) is 5.74. The predicted octanol–water partition coefficient (Wildman–Crippen LogP) is 3.42. The molecule has 0 amide bonds. The van der Waals surface area contributed by atoms with Crippen LogP contribution in [0.4, 0.5) is 4.39 Å². The lowest BCUT2D eigenvalue weighted by Gasteiger charge is -2.17. The summed E-state index contributed by atoms with van der Waals surface area (Å²) in [7, 11) is 1.51. The van der Waals surface area contributed by atoms with Gasteiger partial charge in [-0.1, -0.05) is 18.2 Å². The predicted molar refractivity (Wildman–Crippen MR) is 79.1 cm³/mol. The first-order chi connectivity index (χ1) is 10.2. The molecule has 3 rings (SSSR count). The number of rotatable bonds is 5. The molecule has 1 unspecified atom stereocenters. The highest BCUT2D eigenvalue weighted by Crippen LogP contribution is 2.32. The van der Waals surface area contributed by atoms with Crippen LogP contribution in [0, 0.1) is 5.82 Å². The Morgan fingerprint density at radius 1 is 1.14 bits per heavy atom. The van der Waals surface area contributed by atoms with E-state index in [4.69, 9.17) is 15.2 Å². The van der Waals surface area contributed by atoms with E-state index >= 15 is 0 Å². The highest BCUT2D eigenvalue weighted by atomic mass is 19.1. The Morgan fingerprint density at radius 3 is 2.48 bits per heavy atom. The van der Waals surface area contributed by atoms with E-state index in [2.05, 4.69) is 0 Å². The van der Waals surface area contributed by atoms with Gasteiger partial charge in [0.05, 0.1) is 24.8 Å². The van der Waals surface area contributed by atoms with Gasteiger partial charge in [0.2, 0.25) is 0 Å². The van der Waals surface area contributed by atoms with E-state index in [0.717, 1.165) is 24.2 Å². The van der Waals surface area contributed by atoms with Gasteiger partial charge in [0.1, 0.15) is 17.3 Å². The van der Waals surface area contributed by atoms with Crippen molar-refractivity contribution < 1.29 is 13.9 Å². The Balaban J connectivity index is 1.85. The van der Waals surface area contributed by atoms with E-state index in [-0.39, 0.29) is 5.82 Å². The van der Waals surface area contributed by atoms with E-state index in [1.54, 1.807) is 12.1 Å². The average Bonchev–Trinajstić information content (AvgIpc) is 3.31. The Bertz CT molecular complexity index is 623. The molecule has 4 heteroatoms. The number of halogens is 1. The minimum absolute atomic E-state index is 0.358. The van der Waals surface area contributed by atoms with Crippen LogP contribution in [0.5, 0.6) is 11.5 Å². The zero-order chi connectivity index (χ0) is 14.8. The molecule has 110 valence electrons. The van der Waals surface area contributed by atoms with E-state index in [1.807, 2.05) is 24.3 Å². The van der Waals surface area contributed by atoms with Crippen LogP contribution >= 0.6 is 0 Å². The average molecular weight is 287 g/mol. The van der Waals surface area contributed by atoms with Crippen LogP contribution in [0.25, 0.3) is 0 Å². The summed E-state index contributed by atoms with van der Waals surface area (Å²) in [6.45, 7) is 0. The number of hydrogen-bond donors (Lipinski definition) is 1.